The van der Waals surface area contributed by atoms with Crippen molar-refractivity contribution in [2.45, 2.75) is 19.4 Å². The lowest BCUT2D eigenvalue weighted by Crippen LogP contribution is -2.32. The lowest BCUT2D eigenvalue weighted by atomic mass is 10.1. The molecule has 0 saturated heterocycles. The summed E-state index contributed by atoms with van der Waals surface area (Å²) >= 11 is 4.08. The average Bonchev–Trinajstić information content (AvgIpc) is 2.23. The third-order valence-corrected chi connectivity index (χ3v) is 3.68. The Morgan fingerprint density at radius 2 is 1.89 bits per heavy atom. The highest BCUT2D eigenvalue weighted by Gasteiger charge is 2.16. The highest BCUT2D eigenvalue weighted by Crippen LogP contribution is 2.29. The molecule has 0 fully saturated rings. The summed E-state index contributed by atoms with van der Waals surface area (Å²) in [6, 6.07) is 2.60. The van der Waals surface area contributed by atoms with E-state index in [1.54, 1.807) is 12.1 Å². The van der Waals surface area contributed by atoms with E-state index >= 15 is 0 Å². The van der Waals surface area contributed by atoms with Gasteiger partial charge in [0.05, 0.1) is 7.14 Å². The normalized spacial score (nSPS) is 12.0. The molecule has 1 aromatic rings. The van der Waals surface area contributed by atoms with Crippen LogP contribution in [0.5, 0.6) is 5.75 Å². The van der Waals surface area contributed by atoms with Gasteiger partial charge in [-0.05, 0) is 69.3 Å². The lowest BCUT2D eigenvalue weighted by molar-refractivity contribution is -0.138. The number of ether oxygens (including phenoxy) is 1. The van der Waals surface area contributed by atoms with Crippen molar-refractivity contribution in [2.75, 3.05) is 0 Å². The maximum Gasteiger partial charge on any atom is 0.320 e. The monoisotopic (exact) mass is 475 g/mol. The van der Waals surface area contributed by atoms with Crippen molar-refractivity contribution in [3.8, 4) is 5.75 Å². The molecule has 18 heavy (non-hydrogen) atoms. The van der Waals surface area contributed by atoms with Crippen molar-refractivity contribution >= 4 is 57.1 Å². The van der Waals surface area contributed by atoms with E-state index in [-0.39, 0.29) is 12.4 Å². The van der Waals surface area contributed by atoms with E-state index in [9.17, 15) is 9.59 Å². The van der Waals surface area contributed by atoms with E-state index in [2.05, 4.69) is 0 Å². The average molecular weight is 475 g/mol. The van der Waals surface area contributed by atoms with E-state index in [0.717, 1.165) is 12.7 Å². The zero-order valence-electron chi connectivity index (χ0n) is 9.44. The minimum absolute atomic E-state index is 0.238. The molecule has 98 valence electrons. The summed E-state index contributed by atoms with van der Waals surface area (Å²) in [6.07, 6.45) is 0.238. The summed E-state index contributed by atoms with van der Waals surface area (Å²) in [4.78, 5) is 21.6. The van der Waals surface area contributed by atoms with E-state index < -0.39 is 12.0 Å². The van der Waals surface area contributed by atoms with Gasteiger partial charge in [-0.3, -0.25) is 9.59 Å². The molecule has 0 aliphatic heterocycles. The number of carbonyl (C=O) groups is 2. The summed E-state index contributed by atoms with van der Waals surface area (Å²) < 4.78 is 6.59. The molecule has 0 spiro atoms. The summed E-state index contributed by atoms with van der Waals surface area (Å²) in [6.45, 7) is 1.33. The number of hydrogen-bond acceptors (Lipinski definition) is 4. The highest BCUT2D eigenvalue weighted by molar-refractivity contribution is 14.1. The van der Waals surface area contributed by atoms with Crippen LogP contribution < -0.4 is 10.5 Å². The molecule has 0 saturated carbocycles. The van der Waals surface area contributed by atoms with Crippen molar-refractivity contribution in [3.63, 3.8) is 0 Å². The SMILES string of the molecule is CC(=O)Oc1c(I)cc(C[C@H](N)C(=O)O)cc1I. The number of hydrogen-bond donors (Lipinski definition) is 2. The van der Waals surface area contributed by atoms with Crippen molar-refractivity contribution in [3.05, 3.63) is 24.8 Å². The van der Waals surface area contributed by atoms with Crippen molar-refractivity contribution in [1.82, 2.24) is 0 Å². The van der Waals surface area contributed by atoms with Gasteiger partial charge >= 0.3 is 11.9 Å². The molecule has 0 heterocycles. The Balaban J connectivity index is 2.99. The van der Waals surface area contributed by atoms with Gasteiger partial charge in [0.25, 0.3) is 0 Å². The number of carboxylic acids is 1. The van der Waals surface area contributed by atoms with E-state index in [1.807, 2.05) is 45.2 Å². The number of carboxylic acid groups (broad SMARTS) is 1. The Kier molecular flexibility index (Phi) is 5.79. The molecule has 0 aliphatic carbocycles. The fraction of sp³-hybridized carbons (Fsp3) is 0.273. The predicted molar refractivity (Wildman–Crippen MR) is 82.5 cm³/mol. The summed E-state index contributed by atoms with van der Waals surface area (Å²) in [5.74, 6) is -0.929. The largest absolute Gasteiger partial charge is 0.480 e. The third-order valence-electron chi connectivity index (χ3n) is 2.08. The molecule has 5 nitrogen and oxygen atoms in total. The van der Waals surface area contributed by atoms with Gasteiger partial charge in [-0.25, -0.2) is 0 Å². The first kappa shape index (κ1) is 15.6. The van der Waals surface area contributed by atoms with Crippen LogP contribution in [-0.4, -0.2) is 23.1 Å². The van der Waals surface area contributed by atoms with Crippen molar-refractivity contribution < 1.29 is 19.4 Å². The van der Waals surface area contributed by atoms with Gasteiger partial charge < -0.3 is 15.6 Å². The molecule has 1 rings (SSSR count). The van der Waals surface area contributed by atoms with E-state index in [4.69, 9.17) is 15.6 Å². The van der Waals surface area contributed by atoms with Crippen molar-refractivity contribution in [2.24, 2.45) is 5.73 Å². The van der Waals surface area contributed by atoms with Crippen LogP contribution >= 0.6 is 45.2 Å². The molecule has 0 radical (unpaired) electrons. The topological polar surface area (TPSA) is 89.6 Å². The van der Waals surface area contributed by atoms with Gasteiger partial charge in [0.15, 0.2) is 5.75 Å². The number of nitrogens with two attached hydrogens (primary N) is 1. The fourth-order valence-electron chi connectivity index (χ4n) is 1.31. The van der Waals surface area contributed by atoms with Gasteiger partial charge in [0.2, 0.25) is 0 Å². The Hall–Kier alpha value is -0.420. The van der Waals surface area contributed by atoms with E-state index in [0.29, 0.717) is 5.75 Å². The molecule has 0 aromatic heterocycles. The van der Waals surface area contributed by atoms with Gasteiger partial charge in [-0.15, -0.1) is 0 Å². The van der Waals surface area contributed by atoms with Crippen molar-refractivity contribution in [1.29, 1.82) is 0 Å². The Morgan fingerprint density at radius 1 is 1.39 bits per heavy atom. The smallest absolute Gasteiger partial charge is 0.320 e. The summed E-state index contributed by atoms with van der Waals surface area (Å²) in [5.41, 5.74) is 6.28. The molecule has 7 heteroatoms. The van der Waals surface area contributed by atoms with E-state index in [1.165, 1.54) is 6.92 Å². The minimum Gasteiger partial charge on any atom is -0.480 e. The number of esters is 1. The van der Waals surface area contributed by atoms with Crippen LogP contribution in [0.2, 0.25) is 0 Å². The van der Waals surface area contributed by atoms with Crippen LogP contribution in [0.15, 0.2) is 12.1 Å². The molecule has 1 atom stereocenters. The second-order valence-corrected chi connectivity index (χ2v) is 5.96. The lowest BCUT2D eigenvalue weighted by Gasteiger charge is -2.11. The predicted octanol–water partition coefficient (Wildman–Crippen LogP) is 1.78. The number of rotatable bonds is 4. The number of benzene rings is 1. The first-order valence-electron chi connectivity index (χ1n) is 4.96. The van der Waals surface area contributed by atoms with Crippen LogP contribution in [0.4, 0.5) is 0 Å². The molecule has 0 bridgehead atoms. The molecule has 3 N–H and O–H groups in total. The first-order valence-corrected chi connectivity index (χ1v) is 7.11. The Morgan fingerprint density at radius 3 is 2.28 bits per heavy atom. The standard InChI is InChI=1S/C11H11I2NO4/c1-5(15)18-10-7(12)2-6(3-8(10)13)4-9(14)11(16)17/h2-3,9H,4,14H2,1H3,(H,16,17)/t9-/m0/s1. The number of halogens is 2. The highest BCUT2D eigenvalue weighted by atomic mass is 127. The Labute approximate surface area is 131 Å². The number of aliphatic carboxylic acids is 1. The molecule has 0 aliphatic rings. The van der Waals surface area contributed by atoms with Crippen LogP contribution in [0.1, 0.15) is 12.5 Å². The minimum atomic E-state index is -1.04. The third kappa shape index (κ3) is 4.35. The maximum absolute atomic E-state index is 10.9. The Bertz CT molecular complexity index is 467. The van der Waals surface area contributed by atoms with Crippen LogP contribution in [0.3, 0.4) is 0 Å². The van der Waals surface area contributed by atoms with Gasteiger partial charge in [0.1, 0.15) is 6.04 Å². The first-order chi connectivity index (χ1) is 8.31. The molecular formula is C11H11I2NO4. The van der Waals surface area contributed by atoms with Gasteiger partial charge in [-0.2, -0.15) is 0 Å². The summed E-state index contributed by atoms with van der Waals surface area (Å²) in [5, 5.41) is 8.76. The molecular weight excluding hydrogens is 464 g/mol. The second kappa shape index (κ2) is 6.66. The molecule has 1 aromatic carbocycles. The fourth-order valence-corrected chi connectivity index (χ4v) is 3.43. The van der Waals surface area contributed by atoms with Crippen LogP contribution in [0, 0.1) is 7.14 Å². The zero-order chi connectivity index (χ0) is 13.9. The van der Waals surface area contributed by atoms with Gasteiger partial charge in [0, 0.05) is 6.92 Å². The van der Waals surface area contributed by atoms with Gasteiger partial charge in [-0.1, -0.05) is 0 Å². The maximum atomic E-state index is 10.9. The quantitative estimate of drug-likeness (QED) is 0.394. The van der Waals surface area contributed by atoms with Crippen LogP contribution in [-0.2, 0) is 16.0 Å². The zero-order valence-corrected chi connectivity index (χ0v) is 13.8. The summed E-state index contributed by atoms with van der Waals surface area (Å²) in [7, 11) is 0. The molecule has 0 unspecified atom stereocenters. The second-order valence-electron chi connectivity index (χ2n) is 3.63. The molecule has 0 amide bonds. The number of carbonyl (C=O) groups excluding carboxylic acids is 1. The van der Waals surface area contributed by atoms with Crippen LogP contribution in [0.25, 0.3) is 0 Å².